The van der Waals surface area contributed by atoms with Gasteiger partial charge in [0.15, 0.2) is 5.95 Å². The van der Waals surface area contributed by atoms with Gasteiger partial charge in [-0.2, -0.15) is 0 Å². The first-order chi connectivity index (χ1) is 7.70. The molecular formula is C11H18N4O. The third-order valence-corrected chi connectivity index (χ3v) is 3.32. The molecule has 16 heavy (non-hydrogen) atoms. The van der Waals surface area contributed by atoms with Crippen LogP contribution in [0.5, 0.6) is 0 Å². The number of aromatic nitrogens is 2. The van der Waals surface area contributed by atoms with Gasteiger partial charge in [-0.1, -0.05) is 6.92 Å². The third-order valence-electron chi connectivity index (χ3n) is 3.32. The molecule has 0 atom stereocenters. The number of nitrogens with zero attached hydrogens (tertiary/aromatic N) is 2. The number of hydrogen-bond acceptors (Lipinski definition) is 4. The molecule has 2 heterocycles. The fourth-order valence-corrected chi connectivity index (χ4v) is 2.27. The summed E-state index contributed by atoms with van der Waals surface area (Å²) in [6.07, 6.45) is 3.69. The molecule has 2 rings (SSSR count). The van der Waals surface area contributed by atoms with Crippen molar-refractivity contribution in [3.05, 3.63) is 22.1 Å². The van der Waals surface area contributed by atoms with Crippen LogP contribution in [0.4, 0.5) is 5.95 Å². The van der Waals surface area contributed by atoms with Crippen LogP contribution in [0.25, 0.3) is 0 Å². The largest absolute Gasteiger partial charge is 0.369 e. The number of rotatable bonds is 2. The van der Waals surface area contributed by atoms with Crippen LogP contribution in [-0.4, -0.2) is 34.5 Å². The molecule has 0 aliphatic carbocycles. The smallest absolute Gasteiger partial charge is 0.255 e. The highest BCUT2D eigenvalue weighted by atomic mass is 16.1. The fraction of sp³-hybridized carbons (Fsp3) is 0.636. The standard InChI is InChI=1S/C11H18N4O/c1-2-15-5-3-8(4-6-15)9-7-13-11(12)14-10(9)16/h7-8H,2-6H2,1H3,(H3,12,13,14,16). The minimum Gasteiger partial charge on any atom is -0.369 e. The molecule has 0 saturated carbocycles. The van der Waals surface area contributed by atoms with E-state index in [0.717, 1.165) is 38.0 Å². The van der Waals surface area contributed by atoms with Gasteiger partial charge in [0.25, 0.3) is 5.56 Å². The summed E-state index contributed by atoms with van der Waals surface area (Å²) in [6.45, 7) is 5.37. The Balaban J connectivity index is 2.11. The van der Waals surface area contributed by atoms with E-state index in [1.54, 1.807) is 6.20 Å². The van der Waals surface area contributed by atoms with Crippen LogP contribution in [0, 0.1) is 0 Å². The summed E-state index contributed by atoms with van der Waals surface area (Å²) in [5.41, 5.74) is 6.13. The third kappa shape index (κ3) is 2.24. The van der Waals surface area contributed by atoms with E-state index in [4.69, 9.17) is 5.73 Å². The molecule has 1 aromatic rings. The van der Waals surface area contributed by atoms with E-state index in [9.17, 15) is 4.79 Å². The van der Waals surface area contributed by atoms with Crippen molar-refractivity contribution in [3.8, 4) is 0 Å². The number of H-pyrrole nitrogens is 1. The Bertz CT molecular complexity index is 407. The van der Waals surface area contributed by atoms with Crippen molar-refractivity contribution in [2.75, 3.05) is 25.4 Å². The van der Waals surface area contributed by atoms with E-state index in [1.165, 1.54) is 0 Å². The summed E-state index contributed by atoms with van der Waals surface area (Å²) in [4.78, 5) is 20.6. The van der Waals surface area contributed by atoms with Crippen LogP contribution in [-0.2, 0) is 0 Å². The molecule has 5 heteroatoms. The molecule has 5 nitrogen and oxygen atoms in total. The Labute approximate surface area is 94.7 Å². The van der Waals surface area contributed by atoms with Gasteiger partial charge in [-0.3, -0.25) is 9.78 Å². The highest BCUT2D eigenvalue weighted by Gasteiger charge is 2.21. The number of anilines is 1. The van der Waals surface area contributed by atoms with Gasteiger partial charge in [-0.15, -0.1) is 0 Å². The average molecular weight is 222 g/mol. The van der Waals surface area contributed by atoms with Gasteiger partial charge in [0.05, 0.1) is 0 Å². The molecule has 0 amide bonds. The first kappa shape index (κ1) is 11.1. The topological polar surface area (TPSA) is 75.0 Å². The first-order valence-corrected chi connectivity index (χ1v) is 5.77. The van der Waals surface area contributed by atoms with Crippen molar-refractivity contribution in [2.24, 2.45) is 0 Å². The zero-order valence-electron chi connectivity index (χ0n) is 9.57. The lowest BCUT2D eigenvalue weighted by Gasteiger charge is -2.30. The fourth-order valence-electron chi connectivity index (χ4n) is 2.27. The number of nitrogens with one attached hydrogen (secondary N) is 1. The number of hydrogen-bond donors (Lipinski definition) is 2. The van der Waals surface area contributed by atoms with Crippen LogP contribution in [0.15, 0.2) is 11.0 Å². The van der Waals surface area contributed by atoms with Crippen LogP contribution in [0.2, 0.25) is 0 Å². The molecule has 1 aliphatic rings. The van der Waals surface area contributed by atoms with Crippen molar-refractivity contribution in [1.29, 1.82) is 0 Å². The zero-order chi connectivity index (χ0) is 11.5. The second-order valence-corrected chi connectivity index (χ2v) is 4.26. The molecule has 1 saturated heterocycles. The molecule has 1 aliphatic heterocycles. The highest BCUT2D eigenvalue weighted by molar-refractivity contribution is 5.20. The van der Waals surface area contributed by atoms with Crippen molar-refractivity contribution in [1.82, 2.24) is 14.9 Å². The minimum atomic E-state index is -0.0811. The molecule has 3 N–H and O–H groups in total. The zero-order valence-corrected chi connectivity index (χ0v) is 9.57. The summed E-state index contributed by atoms with van der Waals surface area (Å²) in [7, 11) is 0. The number of piperidine rings is 1. The maximum Gasteiger partial charge on any atom is 0.255 e. The predicted molar refractivity (Wildman–Crippen MR) is 63.4 cm³/mol. The van der Waals surface area contributed by atoms with E-state index in [2.05, 4.69) is 21.8 Å². The molecule has 88 valence electrons. The summed E-state index contributed by atoms with van der Waals surface area (Å²) in [6, 6.07) is 0. The molecule has 0 aromatic carbocycles. The van der Waals surface area contributed by atoms with Crippen LogP contribution in [0.1, 0.15) is 31.2 Å². The van der Waals surface area contributed by atoms with E-state index < -0.39 is 0 Å². The van der Waals surface area contributed by atoms with Gasteiger partial charge in [0.2, 0.25) is 0 Å². The lowest BCUT2D eigenvalue weighted by atomic mass is 9.91. The molecular weight excluding hydrogens is 204 g/mol. The average Bonchev–Trinajstić information content (AvgIpc) is 2.29. The quantitative estimate of drug-likeness (QED) is 0.766. The van der Waals surface area contributed by atoms with Crippen molar-refractivity contribution >= 4 is 5.95 Å². The van der Waals surface area contributed by atoms with E-state index >= 15 is 0 Å². The second kappa shape index (κ2) is 4.65. The highest BCUT2D eigenvalue weighted by Crippen LogP contribution is 2.24. The van der Waals surface area contributed by atoms with Crippen LogP contribution in [0.3, 0.4) is 0 Å². The Hall–Kier alpha value is -1.36. The van der Waals surface area contributed by atoms with Gasteiger partial charge in [0.1, 0.15) is 0 Å². The van der Waals surface area contributed by atoms with Crippen molar-refractivity contribution in [2.45, 2.75) is 25.7 Å². The molecule has 1 fully saturated rings. The number of aromatic amines is 1. The summed E-state index contributed by atoms with van der Waals surface area (Å²) in [5.74, 6) is 0.527. The van der Waals surface area contributed by atoms with Crippen LogP contribution < -0.4 is 11.3 Å². The van der Waals surface area contributed by atoms with Gasteiger partial charge < -0.3 is 10.6 Å². The Morgan fingerprint density at radius 3 is 2.81 bits per heavy atom. The first-order valence-electron chi connectivity index (χ1n) is 5.77. The van der Waals surface area contributed by atoms with Gasteiger partial charge in [0, 0.05) is 11.8 Å². The Morgan fingerprint density at radius 2 is 2.25 bits per heavy atom. The SMILES string of the molecule is CCN1CCC(c2cnc(N)[nH]c2=O)CC1. The lowest BCUT2D eigenvalue weighted by molar-refractivity contribution is 0.222. The Kier molecular flexibility index (Phi) is 3.24. The normalized spacial score (nSPS) is 18.8. The second-order valence-electron chi connectivity index (χ2n) is 4.26. The summed E-state index contributed by atoms with van der Waals surface area (Å²) in [5, 5.41) is 0. The number of likely N-dealkylation sites (tertiary alicyclic amines) is 1. The van der Waals surface area contributed by atoms with Crippen LogP contribution >= 0.6 is 0 Å². The summed E-state index contributed by atoms with van der Waals surface area (Å²) >= 11 is 0. The van der Waals surface area contributed by atoms with Gasteiger partial charge >= 0.3 is 0 Å². The molecule has 0 radical (unpaired) electrons. The molecule has 0 bridgehead atoms. The molecule has 0 unspecified atom stereocenters. The summed E-state index contributed by atoms with van der Waals surface area (Å²) < 4.78 is 0. The van der Waals surface area contributed by atoms with Crippen molar-refractivity contribution < 1.29 is 0 Å². The Morgan fingerprint density at radius 1 is 1.56 bits per heavy atom. The maximum atomic E-state index is 11.7. The number of nitrogen functional groups attached to an aromatic ring is 1. The molecule has 1 aromatic heterocycles. The van der Waals surface area contributed by atoms with E-state index in [1.807, 2.05) is 0 Å². The van der Waals surface area contributed by atoms with Gasteiger partial charge in [-0.25, -0.2) is 4.98 Å². The lowest BCUT2D eigenvalue weighted by Crippen LogP contribution is -2.34. The predicted octanol–water partition coefficient (Wildman–Crippen LogP) is 0.551. The molecule has 0 spiro atoms. The van der Waals surface area contributed by atoms with E-state index in [0.29, 0.717) is 5.92 Å². The minimum absolute atomic E-state index is 0.0811. The monoisotopic (exact) mass is 222 g/mol. The van der Waals surface area contributed by atoms with E-state index in [-0.39, 0.29) is 11.5 Å². The number of nitrogens with two attached hydrogens (primary N) is 1. The van der Waals surface area contributed by atoms with Crippen molar-refractivity contribution in [3.63, 3.8) is 0 Å². The maximum absolute atomic E-state index is 11.7. The van der Waals surface area contributed by atoms with Gasteiger partial charge in [-0.05, 0) is 38.4 Å².